The summed E-state index contributed by atoms with van der Waals surface area (Å²) in [6.45, 7) is 8.95. The van der Waals surface area contributed by atoms with E-state index in [0.717, 1.165) is 6.42 Å². The van der Waals surface area contributed by atoms with Crippen molar-refractivity contribution in [2.75, 3.05) is 19.7 Å². The first-order valence-corrected chi connectivity index (χ1v) is 6.52. The minimum atomic E-state index is -0.837. The van der Waals surface area contributed by atoms with Gasteiger partial charge in [0, 0.05) is 19.1 Å². The lowest BCUT2D eigenvalue weighted by Gasteiger charge is -2.50. The number of amides is 1. The molecule has 0 spiro atoms. The molecule has 2 heterocycles. The highest BCUT2D eigenvalue weighted by molar-refractivity contribution is 5.68. The van der Waals surface area contributed by atoms with Crippen LogP contribution in [-0.4, -0.2) is 53.1 Å². The fourth-order valence-corrected chi connectivity index (χ4v) is 2.61. The normalized spacial score (nSPS) is 36.4. The van der Waals surface area contributed by atoms with Gasteiger partial charge in [0.2, 0.25) is 0 Å². The molecule has 0 saturated carbocycles. The van der Waals surface area contributed by atoms with Crippen molar-refractivity contribution < 1.29 is 19.4 Å². The van der Waals surface area contributed by atoms with Crippen LogP contribution in [0.3, 0.4) is 0 Å². The molecular formula is C13H23NO4. The molecule has 2 aliphatic heterocycles. The molecule has 2 saturated heterocycles. The van der Waals surface area contributed by atoms with Crippen LogP contribution in [0.5, 0.6) is 0 Å². The Balaban J connectivity index is 2.04. The molecule has 3 atom stereocenters. The summed E-state index contributed by atoms with van der Waals surface area (Å²) in [6, 6.07) is 0. The maximum Gasteiger partial charge on any atom is 0.410 e. The van der Waals surface area contributed by atoms with E-state index < -0.39 is 11.2 Å². The average Bonchev–Trinajstić information content (AvgIpc) is 2.11. The Morgan fingerprint density at radius 3 is 2.67 bits per heavy atom. The summed E-state index contributed by atoms with van der Waals surface area (Å²) in [5, 5.41) is 10.4. The first-order valence-electron chi connectivity index (χ1n) is 6.52. The average molecular weight is 257 g/mol. The monoisotopic (exact) mass is 257 g/mol. The van der Waals surface area contributed by atoms with Gasteiger partial charge in [-0.3, -0.25) is 0 Å². The number of likely N-dealkylation sites (tertiary alicyclic amines) is 1. The van der Waals surface area contributed by atoms with Gasteiger partial charge in [-0.15, -0.1) is 0 Å². The first kappa shape index (κ1) is 13.6. The molecule has 1 N–H and O–H groups in total. The summed E-state index contributed by atoms with van der Waals surface area (Å²) in [5.41, 5.74) is -1.33. The summed E-state index contributed by atoms with van der Waals surface area (Å²) in [6.07, 6.45) is 0.152. The highest BCUT2D eigenvalue weighted by Crippen LogP contribution is 2.36. The Bertz CT molecular complexity index is 318. The van der Waals surface area contributed by atoms with Gasteiger partial charge in [-0.05, 0) is 34.1 Å². The molecule has 2 fully saturated rings. The van der Waals surface area contributed by atoms with Crippen molar-refractivity contribution >= 4 is 6.09 Å². The van der Waals surface area contributed by atoms with Crippen molar-refractivity contribution in [2.24, 2.45) is 5.92 Å². The van der Waals surface area contributed by atoms with Crippen LogP contribution in [0, 0.1) is 5.92 Å². The molecule has 2 rings (SSSR count). The smallest absolute Gasteiger partial charge is 0.410 e. The van der Waals surface area contributed by atoms with E-state index in [1.807, 2.05) is 20.8 Å². The van der Waals surface area contributed by atoms with Gasteiger partial charge >= 0.3 is 6.09 Å². The van der Waals surface area contributed by atoms with Crippen LogP contribution in [0.2, 0.25) is 0 Å². The fraction of sp³-hybridized carbons (Fsp3) is 0.923. The van der Waals surface area contributed by atoms with Crippen LogP contribution in [0.4, 0.5) is 4.79 Å². The van der Waals surface area contributed by atoms with Crippen LogP contribution in [0.15, 0.2) is 0 Å². The van der Waals surface area contributed by atoms with Gasteiger partial charge in [0.1, 0.15) is 11.7 Å². The van der Waals surface area contributed by atoms with E-state index in [1.54, 1.807) is 11.8 Å². The number of piperidine rings is 1. The number of nitrogens with zero attached hydrogens (tertiary/aromatic N) is 1. The van der Waals surface area contributed by atoms with E-state index in [0.29, 0.717) is 19.7 Å². The predicted molar refractivity (Wildman–Crippen MR) is 66.3 cm³/mol. The number of hydrogen-bond donors (Lipinski definition) is 1. The third-order valence-corrected chi connectivity index (χ3v) is 3.74. The molecule has 5 nitrogen and oxygen atoms in total. The highest BCUT2D eigenvalue weighted by atomic mass is 16.6. The molecule has 3 unspecified atom stereocenters. The third-order valence-electron chi connectivity index (χ3n) is 3.74. The highest BCUT2D eigenvalue weighted by Gasteiger charge is 2.49. The molecule has 0 aromatic carbocycles. The Kier molecular flexibility index (Phi) is 3.32. The first-order chi connectivity index (χ1) is 8.20. The van der Waals surface area contributed by atoms with E-state index in [2.05, 4.69) is 0 Å². The molecule has 0 aliphatic carbocycles. The standard InChI is InChI=1S/C13H23NO4/c1-12(2,3)18-11(15)14-7-9-5-6-17-10(8-14)13(9,4)16/h9-10,16H,5-8H2,1-4H3. The lowest BCUT2D eigenvalue weighted by Crippen LogP contribution is -2.64. The van der Waals surface area contributed by atoms with E-state index in [9.17, 15) is 9.90 Å². The largest absolute Gasteiger partial charge is 0.444 e. The minimum Gasteiger partial charge on any atom is -0.444 e. The molecule has 18 heavy (non-hydrogen) atoms. The molecule has 0 aromatic heterocycles. The van der Waals surface area contributed by atoms with Crippen LogP contribution in [0.1, 0.15) is 34.1 Å². The van der Waals surface area contributed by atoms with E-state index in [4.69, 9.17) is 9.47 Å². The molecule has 0 radical (unpaired) electrons. The van der Waals surface area contributed by atoms with Gasteiger partial charge in [-0.1, -0.05) is 0 Å². The molecule has 0 aromatic rings. The predicted octanol–water partition coefficient (Wildman–Crippen LogP) is 1.39. The Morgan fingerprint density at radius 1 is 1.44 bits per heavy atom. The number of ether oxygens (including phenoxy) is 2. The summed E-state index contributed by atoms with van der Waals surface area (Å²) in [4.78, 5) is 13.7. The van der Waals surface area contributed by atoms with Gasteiger partial charge in [-0.25, -0.2) is 4.79 Å². The number of fused-ring (bicyclic) bond motifs is 2. The summed E-state index contributed by atoms with van der Waals surface area (Å²) in [7, 11) is 0. The fourth-order valence-electron chi connectivity index (χ4n) is 2.61. The number of aliphatic hydroxyl groups is 1. The van der Waals surface area contributed by atoms with Crippen LogP contribution in [-0.2, 0) is 9.47 Å². The topological polar surface area (TPSA) is 59.0 Å². The maximum absolute atomic E-state index is 12.0. The Labute approximate surface area is 108 Å². The maximum atomic E-state index is 12.0. The molecular weight excluding hydrogens is 234 g/mol. The number of carbonyl (C=O) groups excluding carboxylic acids is 1. The third kappa shape index (κ3) is 2.62. The zero-order valence-electron chi connectivity index (χ0n) is 11.6. The van der Waals surface area contributed by atoms with Gasteiger partial charge in [0.15, 0.2) is 0 Å². The second-order valence-electron chi connectivity index (χ2n) is 6.46. The SMILES string of the molecule is CC(C)(C)OC(=O)N1CC2CCOC(C1)C2(C)O. The molecule has 5 heteroatoms. The van der Waals surface area contributed by atoms with E-state index in [-0.39, 0.29) is 18.1 Å². The van der Waals surface area contributed by atoms with Crippen molar-refractivity contribution in [3.05, 3.63) is 0 Å². The van der Waals surface area contributed by atoms with E-state index in [1.165, 1.54) is 0 Å². The van der Waals surface area contributed by atoms with Crippen molar-refractivity contribution in [3.63, 3.8) is 0 Å². The van der Waals surface area contributed by atoms with Crippen LogP contribution in [0.25, 0.3) is 0 Å². The molecule has 2 aliphatic rings. The zero-order valence-corrected chi connectivity index (χ0v) is 11.6. The quantitative estimate of drug-likeness (QED) is 0.712. The van der Waals surface area contributed by atoms with Gasteiger partial charge in [0.05, 0.1) is 12.1 Å². The van der Waals surface area contributed by atoms with Crippen molar-refractivity contribution in [1.29, 1.82) is 0 Å². The van der Waals surface area contributed by atoms with Crippen molar-refractivity contribution in [1.82, 2.24) is 4.90 Å². The summed E-state index contributed by atoms with van der Waals surface area (Å²) < 4.78 is 10.9. The van der Waals surface area contributed by atoms with Gasteiger partial charge < -0.3 is 19.5 Å². The Morgan fingerprint density at radius 2 is 2.11 bits per heavy atom. The van der Waals surface area contributed by atoms with Crippen molar-refractivity contribution in [2.45, 2.75) is 51.4 Å². The Hall–Kier alpha value is -0.810. The van der Waals surface area contributed by atoms with Crippen LogP contribution >= 0.6 is 0 Å². The minimum absolute atomic E-state index is 0.0671. The van der Waals surface area contributed by atoms with Gasteiger partial charge in [-0.2, -0.15) is 0 Å². The second kappa shape index (κ2) is 4.38. The molecule has 2 bridgehead atoms. The van der Waals surface area contributed by atoms with Crippen molar-refractivity contribution in [3.8, 4) is 0 Å². The second-order valence-corrected chi connectivity index (χ2v) is 6.46. The number of carbonyl (C=O) groups is 1. The zero-order chi connectivity index (χ0) is 13.6. The molecule has 1 amide bonds. The number of hydrogen-bond acceptors (Lipinski definition) is 4. The lowest BCUT2D eigenvalue weighted by atomic mass is 9.77. The summed E-state index contributed by atoms with van der Waals surface area (Å²) >= 11 is 0. The van der Waals surface area contributed by atoms with Crippen LogP contribution < -0.4 is 0 Å². The molecule has 104 valence electrons. The number of rotatable bonds is 0. The van der Waals surface area contributed by atoms with Gasteiger partial charge in [0.25, 0.3) is 0 Å². The lowest BCUT2D eigenvalue weighted by molar-refractivity contribution is -0.199. The van der Waals surface area contributed by atoms with E-state index >= 15 is 0 Å². The summed E-state index contributed by atoms with van der Waals surface area (Å²) in [5.74, 6) is 0.0671.